The van der Waals surface area contributed by atoms with Gasteiger partial charge in [-0.3, -0.25) is 29.3 Å². The minimum Gasteiger partial charge on any atom is -0.311 e. The van der Waals surface area contributed by atoms with Gasteiger partial charge in [-0.1, -0.05) is 18.2 Å². The molecule has 0 spiro atoms. The lowest BCUT2D eigenvalue weighted by molar-refractivity contribution is -0.134. The predicted molar refractivity (Wildman–Crippen MR) is 123 cm³/mol. The Balaban J connectivity index is 1.33. The predicted octanol–water partition coefficient (Wildman–Crippen LogP) is 2.56. The number of alkyl halides is 2. The smallest absolute Gasteiger partial charge is 0.282 e. The number of anilines is 1. The van der Waals surface area contributed by atoms with Gasteiger partial charge in [0.1, 0.15) is 12.1 Å². The van der Waals surface area contributed by atoms with Crippen LogP contribution >= 0.6 is 0 Å². The molecule has 10 heteroatoms. The summed E-state index contributed by atoms with van der Waals surface area (Å²) in [5.74, 6) is -3.94. The average molecular weight is 479 g/mol. The number of aromatic nitrogens is 2. The maximum Gasteiger partial charge on any atom is 0.282 e. The van der Waals surface area contributed by atoms with Gasteiger partial charge in [-0.15, -0.1) is 0 Å². The van der Waals surface area contributed by atoms with E-state index in [9.17, 15) is 23.2 Å². The van der Waals surface area contributed by atoms with Gasteiger partial charge < -0.3 is 5.32 Å². The lowest BCUT2D eigenvalue weighted by Gasteiger charge is -2.31. The van der Waals surface area contributed by atoms with E-state index < -0.39 is 23.9 Å². The molecule has 2 aromatic carbocycles. The fourth-order valence-corrected chi connectivity index (χ4v) is 5.47. The Bertz CT molecular complexity index is 1380. The zero-order valence-corrected chi connectivity index (χ0v) is 18.8. The Kier molecular flexibility index (Phi) is 4.96. The van der Waals surface area contributed by atoms with E-state index in [1.165, 1.54) is 9.58 Å². The Morgan fingerprint density at radius 1 is 1.11 bits per heavy atom. The molecule has 1 aromatic heterocycles. The molecular formula is C25H23F2N5O3. The molecule has 0 saturated carbocycles. The number of amides is 3. The molecular weight excluding hydrogens is 456 g/mol. The second-order valence-corrected chi connectivity index (χ2v) is 9.36. The van der Waals surface area contributed by atoms with E-state index in [2.05, 4.69) is 15.7 Å². The second kappa shape index (κ2) is 7.94. The average Bonchev–Trinajstić information content (AvgIpc) is 3.39. The summed E-state index contributed by atoms with van der Waals surface area (Å²) in [6.45, 7) is 0.154. The van der Waals surface area contributed by atoms with Crippen molar-refractivity contribution in [3.05, 3.63) is 59.4 Å². The van der Waals surface area contributed by atoms with E-state index in [4.69, 9.17) is 0 Å². The van der Waals surface area contributed by atoms with Crippen molar-refractivity contribution in [1.82, 2.24) is 20.4 Å². The number of nitrogens with zero attached hydrogens (tertiary/aromatic N) is 3. The van der Waals surface area contributed by atoms with Crippen molar-refractivity contribution < 1.29 is 23.2 Å². The highest BCUT2D eigenvalue weighted by atomic mass is 19.3. The monoisotopic (exact) mass is 479 g/mol. The summed E-state index contributed by atoms with van der Waals surface area (Å²) < 4.78 is 30.1. The highest BCUT2D eigenvalue weighted by Gasteiger charge is 2.43. The quantitative estimate of drug-likeness (QED) is 0.561. The van der Waals surface area contributed by atoms with Gasteiger partial charge in [-0.2, -0.15) is 5.10 Å². The molecule has 8 nitrogen and oxygen atoms in total. The van der Waals surface area contributed by atoms with Crippen molar-refractivity contribution in [3.8, 4) is 0 Å². The highest BCUT2D eigenvalue weighted by molar-refractivity contribution is 6.27. The number of hydrogen-bond donors (Lipinski definition) is 2. The molecule has 0 radical (unpaired) electrons. The molecule has 2 unspecified atom stereocenters. The van der Waals surface area contributed by atoms with Crippen LogP contribution in [-0.2, 0) is 16.0 Å². The van der Waals surface area contributed by atoms with Gasteiger partial charge in [0.05, 0.1) is 18.4 Å². The standard InChI is InChI=1S/C25H23F2N5O3/c26-25(27)13-28-9-8-20(25)31-12-14(11-29-31)10-15-4-5-18-22-16(15)2-1-3-17(22)24(35)32(18)19-6-7-21(33)30-23(19)34/h1-5,11-12,19-20,28H,6-10,13H2,(H,30,33,34). The molecule has 2 atom stereocenters. The normalized spacial score (nSPS) is 23.7. The fraction of sp³-hybridized carbons (Fsp3) is 0.360. The minimum atomic E-state index is -2.87. The van der Waals surface area contributed by atoms with Gasteiger partial charge in [0.2, 0.25) is 11.8 Å². The van der Waals surface area contributed by atoms with Gasteiger partial charge in [-0.05, 0) is 48.0 Å². The van der Waals surface area contributed by atoms with Crippen LogP contribution in [0.3, 0.4) is 0 Å². The fourth-order valence-electron chi connectivity index (χ4n) is 5.47. The number of nitrogens with one attached hydrogen (secondary N) is 2. The molecule has 2 N–H and O–H groups in total. The number of halogens is 2. The number of carbonyl (C=O) groups is 3. The summed E-state index contributed by atoms with van der Waals surface area (Å²) in [6.07, 6.45) is 4.50. The molecule has 3 aliphatic heterocycles. The molecule has 6 rings (SSSR count). The molecule has 3 aromatic rings. The first-order chi connectivity index (χ1) is 16.8. The van der Waals surface area contributed by atoms with E-state index in [1.807, 2.05) is 18.2 Å². The molecule has 4 heterocycles. The first-order valence-electron chi connectivity index (χ1n) is 11.7. The van der Waals surface area contributed by atoms with E-state index in [-0.39, 0.29) is 31.2 Å². The lowest BCUT2D eigenvalue weighted by atomic mass is 9.97. The number of imide groups is 1. The van der Waals surface area contributed by atoms with Crippen molar-refractivity contribution in [2.75, 3.05) is 18.0 Å². The molecule has 3 amide bonds. The van der Waals surface area contributed by atoms with Crippen LogP contribution in [0.25, 0.3) is 10.8 Å². The van der Waals surface area contributed by atoms with Gasteiger partial charge >= 0.3 is 0 Å². The van der Waals surface area contributed by atoms with Crippen LogP contribution in [0, 0.1) is 0 Å². The summed E-state index contributed by atoms with van der Waals surface area (Å²) in [4.78, 5) is 38.9. The van der Waals surface area contributed by atoms with Gasteiger partial charge in [0.25, 0.3) is 11.8 Å². The Morgan fingerprint density at radius 2 is 1.97 bits per heavy atom. The van der Waals surface area contributed by atoms with Crippen LogP contribution in [-0.4, -0.2) is 52.6 Å². The first-order valence-corrected chi connectivity index (χ1v) is 11.7. The van der Waals surface area contributed by atoms with Crippen LogP contribution in [0.2, 0.25) is 0 Å². The molecule has 180 valence electrons. The molecule has 2 fully saturated rings. The Morgan fingerprint density at radius 3 is 2.77 bits per heavy atom. The highest BCUT2D eigenvalue weighted by Crippen LogP contribution is 2.41. The third-order valence-electron chi connectivity index (χ3n) is 7.15. The number of carbonyl (C=O) groups excluding carboxylic acids is 3. The Labute approximate surface area is 199 Å². The maximum atomic E-state index is 14.4. The van der Waals surface area contributed by atoms with E-state index in [1.54, 1.807) is 24.5 Å². The number of benzene rings is 2. The third-order valence-corrected chi connectivity index (χ3v) is 7.15. The van der Waals surface area contributed by atoms with Crippen molar-refractivity contribution >= 4 is 34.2 Å². The summed E-state index contributed by atoms with van der Waals surface area (Å²) in [5.41, 5.74) is 2.88. The van der Waals surface area contributed by atoms with E-state index >= 15 is 0 Å². The van der Waals surface area contributed by atoms with Crippen molar-refractivity contribution in [2.24, 2.45) is 0 Å². The van der Waals surface area contributed by atoms with Crippen LogP contribution in [0.4, 0.5) is 14.5 Å². The zero-order valence-electron chi connectivity index (χ0n) is 18.8. The summed E-state index contributed by atoms with van der Waals surface area (Å²) in [6, 6.07) is 7.45. The van der Waals surface area contributed by atoms with Crippen molar-refractivity contribution in [3.63, 3.8) is 0 Å². The second-order valence-electron chi connectivity index (χ2n) is 9.36. The molecule has 3 aliphatic rings. The first kappa shape index (κ1) is 21.8. The van der Waals surface area contributed by atoms with Crippen LogP contribution in [0.5, 0.6) is 0 Å². The van der Waals surface area contributed by atoms with E-state index in [0.717, 1.165) is 21.9 Å². The summed E-state index contributed by atoms with van der Waals surface area (Å²) in [7, 11) is 0. The van der Waals surface area contributed by atoms with Crippen molar-refractivity contribution in [1.29, 1.82) is 0 Å². The van der Waals surface area contributed by atoms with Crippen molar-refractivity contribution in [2.45, 2.75) is 43.7 Å². The maximum absolute atomic E-state index is 14.4. The van der Waals surface area contributed by atoms with Crippen LogP contribution in [0.1, 0.15) is 46.8 Å². The topological polar surface area (TPSA) is 96.3 Å². The Hall–Kier alpha value is -3.66. The number of piperidine rings is 2. The number of rotatable bonds is 4. The summed E-state index contributed by atoms with van der Waals surface area (Å²) >= 11 is 0. The SMILES string of the molecule is O=C1CCC(N2C(=O)c3cccc4c(Cc5cnn(C6CCNCC6(F)F)c5)ccc2c34)C(=O)N1. The van der Waals surface area contributed by atoms with Gasteiger partial charge in [-0.25, -0.2) is 8.78 Å². The minimum absolute atomic E-state index is 0.178. The molecule has 0 bridgehead atoms. The largest absolute Gasteiger partial charge is 0.311 e. The van der Waals surface area contributed by atoms with Gasteiger partial charge in [0, 0.05) is 30.0 Å². The number of hydrogen-bond acceptors (Lipinski definition) is 5. The third kappa shape index (κ3) is 3.51. The van der Waals surface area contributed by atoms with Crippen LogP contribution < -0.4 is 15.5 Å². The summed E-state index contributed by atoms with van der Waals surface area (Å²) in [5, 5.41) is 10.9. The van der Waals surface area contributed by atoms with Gasteiger partial charge in [0.15, 0.2) is 0 Å². The molecule has 2 saturated heterocycles. The molecule has 35 heavy (non-hydrogen) atoms. The molecule has 0 aliphatic carbocycles. The lowest BCUT2D eigenvalue weighted by Crippen LogP contribution is -2.53. The van der Waals surface area contributed by atoms with Crippen LogP contribution in [0.15, 0.2) is 42.7 Å². The van der Waals surface area contributed by atoms with E-state index in [0.29, 0.717) is 30.6 Å². The zero-order chi connectivity index (χ0) is 24.3.